The number of alkyl halides is 2. The highest BCUT2D eigenvalue weighted by molar-refractivity contribution is 6.35. The van der Waals surface area contributed by atoms with Crippen molar-refractivity contribution in [3.8, 4) is 16.9 Å². The van der Waals surface area contributed by atoms with Crippen LogP contribution in [0.2, 0.25) is 10.0 Å². The Morgan fingerprint density at radius 1 is 0.895 bits per heavy atom. The summed E-state index contributed by atoms with van der Waals surface area (Å²) in [5.74, 6) is 0.365. The first kappa shape index (κ1) is 14.1. The van der Waals surface area contributed by atoms with Crippen molar-refractivity contribution in [1.82, 2.24) is 0 Å². The van der Waals surface area contributed by atoms with Crippen molar-refractivity contribution in [3.63, 3.8) is 0 Å². The molecule has 0 fully saturated rings. The number of hydrogen-bond donors (Lipinski definition) is 0. The van der Waals surface area contributed by atoms with E-state index in [0.29, 0.717) is 26.9 Å². The number of hydrogen-bond acceptors (Lipinski definition) is 1. The van der Waals surface area contributed by atoms with E-state index in [9.17, 15) is 8.78 Å². The first-order chi connectivity index (χ1) is 8.99. The molecule has 0 aliphatic carbocycles. The van der Waals surface area contributed by atoms with Crippen LogP contribution in [0.4, 0.5) is 8.78 Å². The third-order valence-electron chi connectivity index (χ3n) is 2.61. The Morgan fingerprint density at radius 2 is 1.47 bits per heavy atom. The number of halogens is 4. The highest BCUT2D eigenvalue weighted by Gasteiger charge is 2.12. The molecule has 2 aromatic rings. The average Bonchev–Trinajstić information content (AvgIpc) is 2.37. The van der Waals surface area contributed by atoms with Gasteiger partial charge in [-0.3, -0.25) is 0 Å². The van der Waals surface area contributed by atoms with Crippen LogP contribution in [0.1, 0.15) is 12.0 Å². The summed E-state index contributed by atoms with van der Waals surface area (Å²) in [4.78, 5) is 0. The third-order valence-corrected chi connectivity index (χ3v) is 3.05. The molecule has 0 spiro atoms. The van der Waals surface area contributed by atoms with E-state index in [1.54, 1.807) is 24.3 Å². The first-order valence-electron chi connectivity index (χ1n) is 5.43. The van der Waals surface area contributed by atoms with Gasteiger partial charge in [0.15, 0.2) is 0 Å². The van der Waals surface area contributed by atoms with E-state index in [0.717, 1.165) is 0 Å². The summed E-state index contributed by atoms with van der Waals surface area (Å²) in [7, 11) is 1.43. The van der Waals surface area contributed by atoms with E-state index in [1.165, 1.54) is 19.2 Å². The van der Waals surface area contributed by atoms with Gasteiger partial charge in [-0.2, -0.15) is 0 Å². The molecule has 0 aliphatic heterocycles. The van der Waals surface area contributed by atoms with Gasteiger partial charge in [-0.15, -0.1) is 0 Å². The van der Waals surface area contributed by atoms with Crippen LogP contribution in [0.25, 0.3) is 11.1 Å². The average molecular weight is 303 g/mol. The fourth-order valence-corrected chi connectivity index (χ4v) is 2.28. The van der Waals surface area contributed by atoms with Gasteiger partial charge in [0.1, 0.15) is 5.75 Å². The Kier molecular flexibility index (Phi) is 4.27. The fourth-order valence-electron chi connectivity index (χ4n) is 1.75. The van der Waals surface area contributed by atoms with Gasteiger partial charge in [0.2, 0.25) is 0 Å². The fraction of sp³-hybridized carbons (Fsp3) is 0.143. The van der Waals surface area contributed by atoms with Crippen molar-refractivity contribution in [2.45, 2.75) is 6.43 Å². The molecule has 0 saturated carbocycles. The first-order valence-corrected chi connectivity index (χ1v) is 6.19. The lowest BCUT2D eigenvalue weighted by molar-refractivity contribution is 0.151. The van der Waals surface area contributed by atoms with E-state index in [1.807, 2.05) is 0 Å². The molecule has 0 unspecified atom stereocenters. The Morgan fingerprint density at radius 3 is 2.00 bits per heavy atom. The zero-order valence-corrected chi connectivity index (χ0v) is 11.5. The minimum absolute atomic E-state index is 0.106. The number of rotatable bonds is 3. The second-order valence-electron chi connectivity index (χ2n) is 3.95. The lowest BCUT2D eigenvalue weighted by Gasteiger charge is -2.09. The summed E-state index contributed by atoms with van der Waals surface area (Å²) in [6.45, 7) is 0. The van der Waals surface area contributed by atoms with Crippen molar-refractivity contribution in [2.75, 3.05) is 7.11 Å². The SMILES string of the molecule is COc1cc(-c2cc(Cl)cc(Cl)c2)cc(C(F)F)c1. The molecule has 0 amide bonds. The predicted octanol–water partition coefficient (Wildman–Crippen LogP) is 5.61. The van der Waals surface area contributed by atoms with Gasteiger partial charge < -0.3 is 4.74 Å². The van der Waals surface area contributed by atoms with Crippen LogP contribution >= 0.6 is 23.2 Å². The molecule has 2 aromatic carbocycles. The molecule has 5 heteroatoms. The maximum atomic E-state index is 12.8. The zero-order chi connectivity index (χ0) is 14.0. The normalized spacial score (nSPS) is 10.8. The summed E-state index contributed by atoms with van der Waals surface area (Å²) in [6, 6.07) is 9.28. The van der Waals surface area contributed by atoms with Crippen molar-refractivity contribution < 1.29 is 13.5 Å². The molecule has 100 valence electrons. The van der Waals surface area contributed by atoms with Crippen LogP contribution in [0.3, 0.4) is 0 Å². The molecule has 0 bridgehead atoms. The monoisotopic (exact) mass is 302 g/mol. The minimum Gasteiger partial charge on any atom is -0.497 e. The quantitative estimate of drug-likeness (QED) is 0.716. The van der Waals surface area contributed by atoms with E-state index in [2.05, 4.69) is 0 Å². The second-order valence-corrected chi connectivity index (χ2v) is 4.83. The summed E-state index contributed by atoms with van der Waals surface area (Å²) >= 11 is 11.8. The lowest BCUT2D eigenvalue weighted by atomic mass is 10.0. The number of benzene rings is 2. The molecule has 0 N–H and O–H groups in total. The van der Waals surface area contributed by atoms with E-state index in [4.69, 9.17) is 27.9 Å². The molecule has 0 saturated heterocycles. The Labute approximate surface area is 119 Å². The number of methoxy groups -OCH3 is 1. The molecule has 0 heterocycles. The molecule has 19 heavy (non-hydrogen) atoms. The summed E-state index contributed by atoms with van der Waals surface area (Å²) < 4.78 is 30.7. The van der Waals surface area contributed by atoms with Gasteiger partial charge in [0.25, 0.3) is 6.43 Å². The molecular weight excluding hydrogens is 293 g/mol. The standard InChI is InChI=1S/C14H10Cl2F2O/c1-19-13-5-8(2-10(6-13)14(17)18)9-3-11(15)7-12(16)4-9/h2-7,14H,1H3. The highest BCUT2D eigenvalue weighted by Crippen LogP contribution is 2.33. The van der Waals surface area contributed by atoms with Crippen molar-refractivity contribution in [3.05, 3.63) is 52.0 Å². The van der Waals surface area contributed by atoms with E-state index in [-0.39, 0.29) is 5.56 Å². The van der Waals surface area contributed by atoms with Gasteiger partial charge in [0.05, 0.1) is 7.11 Å². The molecule has 0 aromatic heterocycles. The van der Waals surface area contributed by atoms with Crippen LogP contribution in [0.5, 0.6) is 5.75 Å². The van der Waals surface area contributed by atoms with Gasteiger partial charge in [0, 0.05) is 15.6 Å². The van der Waals surface area contributed by atoms with E-state index >= 15 is 0 Å². The van der Waals surface area contributed by atoms with Gasteiger partial charge in [-0.1, -0.05) is 23.2 Å². The smallest absolute Gasteiger partial charge is 0.264 e. The molecule has 2 rings (SSSR count). The Hall–Kier alpha value is -1.32. The predicted molar refractivity (Wildman–Crippen MR) is 73.4 cm³/mol. The van der Waals surface area contributed by atoms with Crippen LogP contribution < -0.4 is 4.74 Å². The third kappa shape index (κ3) is 3.37. The highest BCUT2D eigenvalue weighted by atomic mass is 35.5. The topological polar surface area (TPSA) is 9.23 Å². The number of ether oxygens (including phenoxy) is 1. The summed E-state index contributed by atoms with van der Waals surface area (Å²) in [5, 5.41) is 0.896. The van der Waals surface area contributed by atoms with Gasteiger partial charge >= 0.3 is 0 Å². The molecule has 0 radical (unpaired) electrons. The summed E-state index contributed by atoms with van der Waals surface area (Å²) in [5.41, 5.74) is 1.14. The molecule has 0 atom stereocenters. The van der Waals surface area contributed by atoms with Crippen molar-refractivity contribution in [1.29, 1.82) is 0 Å². The van der Waals surface area contributed by atoms with E-state index < -0.39 is 6.43 Å². The maximum absolute atomic E-state index is 12.8. The van der Waals surface area contributed by atoms with Crippen molar-refractivity contribution >= 4 is 23.2 Å². The lowest BCUT2D eigenvalue weighted by Crippen LogP contribution is -1.90. The molecular formula is C14H10Cl2F2O. The largest absolute Gasteiger partial charge is 0.497 e. The molecule has 1 nitrogen and oxygen atoms in total. The second kappa shape index (κ2) is 5.76. The van der Waals surface area contributed by atoms with Crippen LogP contribution in [0.15, 0.2) is 36.4 Å². The maximum Gasteiger partial charge on any atom is 0.264 e. The van der Waals surface area contributed by atoms with Crippen molar-refractivity contribution in [2.24, 2.45) is 0 Å². The van der Waals surface area contributed by atoms with Gasteiger partial charge in [-0.25, -0.2) is 8.78 Å². The van der Waals surface area contributed by atoms with Crippen LogP contribution in [-0.4, -0.2) is 7.11 Å². The minimum atomic E-state index is -2.57. The Bertz CT molecular complexity index is 580. The van der Waals surface area contributed by atoms with Gasteiger partial charge in [-0.05, 0) is 47.5 Å². The summed E-state index contributed by atoms with van der Waals surface area (Å²) in [6.07, 6.45) is -2.57. The Balaban J connectivity index is 2.57. The van der Waals surface area contributed by atoms with Crippen LogP contribution in [0, 0.1) is 0 Å². The molecule has 0 aliphatic rings. The zero-order valence-electron chi connectivity index (χ0n) is 9.96. The van der Waals surface area contributed by atoms with Crippen LogP contribution in [-0.2, 0) is 0 Å².